The van der Waals surface area contributed by atoms with E-state index in [4.69, 9.17) is 5.73 Å². The van der Waals surface area contributed by atoms with Crippen molar-refractivity contribution >= 4 is 21.8 Å². The third kappa shape index (κ3) is 4.68. The minimum Gasteiger partial charge on any atom is -0.368 e. The van der Waals surface area contributed by atoms with Gasteiger partial charge in [0.1, 0.15) is 0 Å². The third-order valence-electron chi connectivity index (χ3n) is 5.66. The molecular weight excluding hydrogens is 392 g/mol. The quantitative estimate of drug-likeness (QED) is 0.631. The molecule has 2 saturated heterocycles. The average molecular weight is 421 g/mol. The summed E-state index contributed by atoms with van der Waals surface area (Å²) < 4.78 is 27.6. The summed E-state index contributed by atoms with van der Waals surface area (Å²) >= 11 is 0. The van der Waals surface area contributed by atoms with Crippen molar-refractivity contribution in [2.45, 2.75) is 42.7 Å². The SMILES string of the molecule is C=CCNC(=O)c1cccc(S(=O)(=O)N2CCC(N3CCCC3C(N)=O)CC2)c1. The van der Waals surface area contributed by atoms with Crippen molar-refractivity contribution in [2.75, 3.05) is 26.2 Å². The van der Waals surface area contributed by atoms with Gasteiger partial charge in [-0.3, -0.25) is 14.5 Å². The number of nitrogens with zero attached hydrogens (tertiary/aromatic N) is 2. The second kappa shape index (κ2) is 9.06. The molecule has 0 aromatic heterocycles. The molecule has 29 heavy (non-hydrogen) atoms. The van der Waals surface area contributed by atoms with Gasteiger partial charge in [-0.2, -0.15) is 4.31 Å². The number of rotatable bonds is 7. The lowest BCUT2D eigenvalue weighted by Crippen LogP contribution is -2.51. The van der Waals surface area contributed by atoms with Gasteiger partial charge in [0, 0.05) is 31.2 Å². The summed E-state index contributed by atoms with van der Waals surface area (Å²) in [7, 11) is -3.69. The van der Waals surface area contributed by atoms with E-state index >= 15 is 0 Å². The Balaban J connectivity index is 1.68. The van der Waals surface area contributed by atoms with E-state index in [1.165, 1.54) is 16.4 Å². The minimum atomic E-state index is -3.69. The summed E-state index contributed by atoms with van der Waals surface area (Å²) in [5.74, 6) is -0.642. The topological polar surface area (TPSA) is 113 Å². The maximum Gasteiger partial charge on any atom is 0.251 e. The monoisotopic (exact) mass is 420 g/mol. The molecule has 2 heterocycles. The molecule has 0 aliphatic carbocycles. The Kier molecular flexibility index (Phi) is 6.71. The van der Waals surface area contributed by atoms with Crippen LogP contribution in [0.2, 0.25) is 0 Å². The highest BCUT2D eigenvalue weighted by Crippen LogP contribution is 2.28. The number of benzene rings is 1. The molecule has 3 rings (SSSR count). The van der Waals surface area contributed by atoms with E-state index < -0.39 is 10.0 Å². The third-order valence-corrected chi connectivity index (χ3v) is 7.55. The zero-order valence-electron chi connectivity index (χ0n) is 16.4. The Bertz CT molecular complexity index is 878. The van der Waals surface area contributed by atoms with E-state index in [1.54, 1.807) is 18.2 Å². The molecule has 0 spiro atoms. The molecule has 8 nitrogen and oxygen atoms in total. The van der Waals surface area contributed by atoms with Crippen molar-refractivity contribution in [3.63, 3.8) is 0 Å². The molecule has 2 fully saturated rings. The van der Waals surface area contributed by atoms with Crippen LogP contribution in [0.4, 0.5) is 0 Å². The van der Waals surface area contributed by atoms with Crippen LogP contribution < -0.4 is 11.1 Å². The zero-order chi connectivity index (χ0) is 21.0. The van der Waals surface area contributed by atoms with Crippen LogP contribution in [0.5, 0.6) is 0 Å². The Labute approximate surface area is 171 Å². The van der Waals surface area contributed by atoms with E-state index in [0.717, 1.165) is 19.4 Å². The summed E-state index contributed by atoms with van der Waals surface area (Å²) in [6.45, 7) is 5.44. The first kappa shape index (κ1) is 21.5. The number of amides is 2. The van der Waals surface area contributed by atoms with E-state index in [1.807, 2.05) is 0 Å². The lowest BCUT2D eigenvalue weighted by Gasteiger charge is -2.38. The molecule has 2 amide bonds. The summed E-state index contributed by atoms with van der Waals surface area (Å²) in [5, 5.41) is 2.65. The van der Waals surface area contributed by atoms with Crippen LogP contribution in [-0.2, 0) is 14.8 Å². The second-order valence-corrected chi connectivity index (χ2v) is 9.40. The predicted molar refractivity (Wildman–Crippen MR) is 110 cm³/mol. The summed E-state index contributed by atoms with van der Waals surface area (Å²) in [4.78, 5) is 26.0. The van der Waals surface area contributed by atoms with E-state index in [-0.39, 0.29) is 28.8 Å². The maximum absolute atomic E-state index is 13.1. The normalized spacial score (nSPS) is 21.7. The highest BCUT2D eigenvalue weighted by Gasteiger charge is 2.37. The van der Waals surface area contributed by atoms with Crippen molar-refractivity contribution in [1.82, 2.24) is 14.5 Å². The maximum atomic E-state index is 13.1. The number of hydrogen-bond donors (Lipinski definition) is 2. The number of piperidine rings is 1. The number of sulfonamides is 1. The lowest BCUT2D eigenvalue weighted by atomic mass is 10.0. The van der Waals surface area contributed by atoms with E-state index in [0.29, 0.717) is 38.0 Å². The van der Waals surface area contributed by atoms with Gasteiger partial charge in [-0.15, -0.1) is 6.58 Å². The number of carbonyl (C=O) groups is 2. The van der Waals surface area contributed by atoms with Gasteiger partial charge in [0.05, 0.1) is 10.9 Å². The Morgan fingerprint density at radius 1 is 1.21 bits per heavy atom. The molecule has 0 saturated carbocycles. The molecule has 2 aliphatic heterocycles. The van der Waals surface area contributed by atoms with E-state index in [9.17, 15) is 18.0 Å². The van der Waals surface area contributed by atoms with Crippen molar-refractivity contribution in [1.29, 1.82) is 0 Å². The summed E-state index contributed by atoms with van der Waals surface area (Å²) in [6, 6.07) is 6.00. The van der Waals surface area contributed by atoms with Gasteiger partial charge in [-0.05, 0) is 50.4 Å². The molecule has 1 aromatic rings. The highest BCUT2D eigenvalue weighted by molar-refractivity contribution is 7.89. The zero-order valence-corrected chi connectivity index (χ0v) is 17.2. The first-order valence-electron chi connectivity index (χ1n) is 9.89. The fourth-order valence-corrected chi connectivity index (χ4v) is 5.68. The van der Waals surface area contributed by atoms with Crippen LogP contribution in [0.3, 0.4) is 0 Å². The largest absolute Gasteiger partial charge is 0.368 e. The van der Waals surface area contributed by atoms with Gasteiger partial charge in [0.15, 0.2) is 0 Å². The second-order valence-electron chi connectivity index (χ2n) is 7.46. The molecule has 1 unspecified atom stereocenters. The van der Waals surface area contributed by atoms with Crippen LogP contribution in [-0.4, -0.2) is 67.7 Å². The number of nitrogens with two attached hydrogens (primary N) is 1. The van der Waals surface area contributed by atoms with Gasteiger partial charge in [0.2, 0.25) is 15.9 Å². The van der Waals surface area contributed by atoms with Crippen molar-refractivity contribution in [2.24, 2.45) is 5.73 Å². The Morgan fingerprint density at radius 2 is 1.93 bits per heavy atom. The molecule has 0 bridgehead atoms. The number of primary amides is 1. The molecule has 1 aromatic carbocycles. The molecule has 0 radical (unpaired) electrons. The number of likely N-dealkylation sites (tertiary alicyclic amines) is 1. The lowest BCUT2D eigenvalue weighted by molar-refractivity contribution is -0.123. The molecule has 2 aliphatic rings. The first-order chi connectivity index (χ1) is 13.8. The molecule has 158 valence electrons. The van der Waals surface area contributed by atoms with Gasteiger partial charge in [-0.1, -0.05) is 12.1 Å². The molecular formula is C20H28N4O4S. The van der Waals surface area contributed by atoms with Crippen LogP contribution >= 0.6 is 0 Å². The predicted octanol–water partition coefficient (Wildman–Crippen LogP) is 0.705. The Morgan fingerprint density at radius 3 is 2.59 bits per heavy atom. The van der Waals surface area contributed by atoms with Crippen molar-refractivity contribution < 1.29 is 18.0 Å². The van der Waals surface area contributed by atoms with Crippen LogP contribution in [0.15, 0.2) is 41.8 Å². The van der Waals surface area contributed by atoms with Crippen LogP contribution in [0, 0.1) is 0 Å². The molecule has 1 atom stereocenters. The Hall–Kier alpha value is -2.23. The van der Waals surface area contributed by atoms with Gasteiger partial charge >= 0.3 is 0 Å². The minimum absolute atomic E-state index is 0.110. The van der Waals surface area contributed by atoms with Crippen LogP contribution in [0.25, 0.3) is 0 Å². The average Bonchev–Trinajstić information content (AvgIpc) is 3.22. The first-order valence-corrected chi connectivity index (χ1v) is 11.3. The smallest absolute Gasteiger partial charge is 0.251 e. The van der Waals surface area contributed by atoms with Gasteiger partial charge < -0.3 is 11.1 Å². The summed E-state index contributed by atoms with van der Waals surface area (Å²) in [6.07, 6.45) is 4.58. The fraction of sp³-hybridized carbons (Fsp3) is 0.500. The summed E-state index contributed by atoms with van der Waals surface area (Å²) in [5.41, 5.74) is 5.81. The number of carbonyl (C=O) groups excluding carboxylic acids is 2. The van der Waals surface area contributed by atoms with E-state index in [2.05, 4.69) is 16.8 Å². The molecule has 9 heteroatoms. The van der Waals surface area contributed by atoms with Gasteiger partial charge in [-0.25, -0.2) is 8.42 Å². The van der Waals surface area contributed by atoms with Gasteiger partial charge in [0.25, 0.3) is 5.91 Å². The van der Waals surface area contributed by atoms with Crippen molar-refractivity contribution in [3.8, 4) is 0 Å². The molecule has 3 N–H and O–H groups in total. The fourth-order valence-electron chi connectivity index (χ4n) is 4.16. The standard InChI is InChI=1S/C20H28N4O4S/c1-2-10-22-20(26)15-5-3-6-17(14-15)29(27,28)23-12-8-16(9-13-23)24-11-4-7-18(24)19(21)25/h2-3,5-6,14,16,18H,1,4,7-13H2,(H2,21,25)(H,22,26). The highest BCUT2D eigenvalue weighted by atomic mass is 32.2. The van der Waals surface area contributed by atoms with Crippen LogP contribution in [0.1, 0.15) is 36.0 Å². The van der Waals surface area contributed by atoms with Crippen molar-refractivity contribution in [3.05, 3.63) is 42.5 Å². The number of nitrogens with one attached hydrogen (secondary N) is 1. The number of hydrogen-bond acceptors (Lipinski definition) is 5.